The van der Waals surface area contributed by atoms with Crippen molar-refractivity contribution in [2.75, 3.05) is 26.8 Å². The Kier molecular flexibility index (Phi) is 5.09. The molecule has 114 valence electrons. The average Bonchev–Trinajstić information content (AvgIpc) is 2.88. The number of piperidine rings is 1. The SMILES string of the molecule is CC[C@@]1(O)CCN(Cc2nc(CCOC)no2)C[C@H]1O. The number of hydrogen-bond donors (Lipinski definition) is 2. The molecule has 0 saturated carbocycles. The van der Waals surface area contributed by atoms with E-state index in [1.807, 2.05) is 11.8 Å². The van der Waals surface area contributed by atoms with Crippen molar-refractivity contribution in [3.8, 4) is 0 Å². The van der Waals surface area contributed by atoms with E-state index in [0.717, 1.165) is 0 Å². The zero-order valence-corrected chi connectivity index (χ0v) is 12.1. The molecule has 7 heteroatoms. The van der Waals surface area contributed by atoms with Gasteiger partial charge in [0.25, 0.3) is 0 Å². The van der Waals surface area contributed by atoms with Crippen molar-refractivity contribution in [3.05, 3.63) is 11.7 Å². The van der Waals surface area contributed by atoms with Gasteiger partial charge in [-0.25, -0.2) is 0 Å². The molecule has 1 saturated heterocycles. The number of rotatable bonds is 6. The van der Waals surface area contributed by atoms with Gasteiger partial charge in [0.2, 0.25) is 5.89 Å². The third kappa shape index (κ3) is 3.54. The van der Waals surface area contributed by atoms with Crippen molar-refractivity contribution in [3.63, 3.8) is 0 Å². The highest BCUT2D eigenvalue weighted by Crippen LogP contribution is 2.26. The van der Waals surface area contributed by atoms with E-state index in [4.69, 9.17) is 9.26 Å². The Labute approximate surface area is 118 Å². The second-order valence-corrected chi connectivity index (χ2v) is 5.31. The second-order valence-electron chi connectivity index (χ2n) is 5.31. The predicted molar refractivity (Wildman–Crippen MR) is 71.0 cm³/mol. The molecule has 1 aromatic heterocycles. The number of aromatic nitrogens is 2. The zero-order chi connectivity index (χ0) is 14.6. The smallest absolute Gasteiger partial charge is 0.240 e. The Balaban J connectivity index is 1.87. The summed E-state index contributed by atoms with van der Waals surface area (Å²) >= 11 is 0. The number of ether oxygens (including phenoxy) is 1. The average molecular weight is 285 g/mol. The minimum atomic E-state index is -0.963. The molecule has 1 fully saturated rings. The van der Waals surface area contributed by atoms with Crippen LogP contribution in [-0.2, 0) is 17.7 Å². The van der Waals surface area contributed by atoms with Gasteiger partial charge in [0.15, 0.2) is 5.82 Å². The van der Waals surface area contributed by atoms with Gasteiger partial charge < -0.3 is 19.5 Å². The maximum atomic E-state index is 10.2. The molecule has 2 heterocycles. The van der Waals surface area contributed by atoms with Gasteiger partial charge in [0.1, 0.15) is 0 Å². The maximum Gasteiger partial charge on any atom is 0.240 e. The quantitative estimate of drug-likeness (QED) is 0.758. The van der Waals surface area contributed by atoms with Crippen LogP contribution in [0.5, 0.6) is 0 Å². The van der Waals surface area contributed by atoms with Crippen LogP contribution >= 0.6 is 0 Å². The van der Waals surface area contributed by atoms with Gasteiger partial charge in [-0.2, -0.15) is 4.98 Å². The molecule has 2 N–H and O–H groups in total. The summed E-state index contributed by atoms with van der Waals surface area (Å²) in [7, 11) is 1.63. The van der Waals surface area contributed by atoms with E-state index in [9.17, 15) is 10.2 Å². The summed E-state index contributed by atoms with van der Waals surface area (Å²) in [6, 6.07) is 0. The molecule has 0 radical (unpaired) electrons. The summed E-state index contributed by atoms with van der Waals surface area (Å²) in [6.07, 6.45) is 0.995. The minimum absolute atomic E-state index is 0.417. The Morgan fingerprint density at radius 1 is 1.55 bits per heavy atom. The minimum Gasteiger partial charge on any atom is -0.389 e. The molecule has 2 rings (SSSR count). The Bertz CT molecular complexity index is 426. The number of aliphatic hydroxyl groups is 2. The van der Waals surface area contributed by atoms with Crippen LogP contribution in [0.2, 0.25) is 0 Å². The van der Waals surface area contributed by atoms with E-state index in [1.54, 1.807) is 7.11 Å². The van der Waals surface area contributed by atoms with Crippen LogP contribution in [0.4, 0.5) is 0 Å². The lowest BCUT2D eigenvalue weighted by Gasteiger charge is -2.41. The lowest BCUT2D eigenvalue weighted by atomic mass is 9.86. The zero-order valence-electron chi connectivity index (χ0n) is 12.1. The summed E-state index contributed by atoms with van der Waals surface area (Å²) in [6.45, 7) is 4.07. The van der Waals surface area contributed by atoms with Gasteiger partial charge in [-0.05, 0) is 12.8 Å². The van der Waals surface area contributed by atoms with Crippen molar-refractivity contribution < 1.29 is 19.5 Å². The first-order valence-corrected chi connectivity index (χ1v) is 7.00. The van der Waals surface area contributed by atoms with Crippen LogP contribution in [0.3, 0.4) is 0 Å². The lowest BCUT2D eigenvalue weighted by Crippen LogP contribution is -2.54. The van der Waals surface area contributed by atoms with E-state index in [-0.39, 0.29) is 0 Å². The topological polar surface area (TPSA) is 91.9 Å². The number of hydrogen-bond acceptors (Lipinski definition) is 7. The standard InChI is InChI=1S/C13H23N3O4/c1-3-13(18)5-6-16(8-10(13)17)9-12-14-11(15-20-12)4-7-19-2/h10,17-18H,3-9H2,1-2H3/t10-,13-/m1/s1. The van der Waals surface area contributed by atoms with Crippen molar-refractivity contribution in [1.82, 2.24) is 15.0 Å². The fourth-order valence-corrected chi connectivity index (χ4v) is 2.42. The van der Waals surface area contributed by atoms with Crippen molar-refractivity contribution in [1.29, 1.82) is 0 Å². The van der Waals surface area contributed by atoms with Crippen molar-refractivity contribution in [2.45, 2.75) is 44.4 Å². The fourth-order valence-electron chi connectivity index (χ4n) is 2.42. The normalized spacial score (nSPS) is 27.9. The van der Waals surface area contributed by atoms with Gasteiger partial charge in [0, 0.05) is 26.6 Å². The summed E-state index contributed by atoms with van der Waals surface area (Å²) in [5, 5.41) is 24.1. The van der Waals surface area contributed by atoms with Crippen molar-refractivity contribution in [2.24, 2.45) is 0 Å². The Morgan fingerprint density at radius 3 is 3.00 bits per heavy atom. The summed E-state index contributed by atoms with van der Waals surface area (Å²) in [5.41, 5.74) is -0.963. The van der Waals surface area contributed by atoms with Crippen LogP contribution < -0.4 is 0 Å². The Hall–Kier alpha value is -1.02. The van der Waals surface area contributed by atoms with Crippen LogP contribution in [0.25, 0.3) is 0 Å². The molecule has 7 nitrogen and oxygen atoms in total. The van der Waals surface area contributed by atoms with E-state index < -0.39 is 11.7 Å². The first kappa shape index (κ1) is 15.4. The molecular formula is C13H23N3O4. The number of aliphatic hydroxyl groups excluding tert-OH is 1. The molecule has 0 unspecified atom stereocenters. The molecule has 0 amide bonds. The first-order valence-electron chi connectivity index (χ1n) is 7.00. The van der Waals surface area contributed by atoms with E-state index in [2.05, 4.69) is 10.1 Å². The number of nitrogens with zero attached hydrogens (tertiary/aromatic N) is 3. The molecule has 0 spiro atoms. The summed E-state index contributed by atoms with van der Waals surface area (Å²) in [5.74, 6) is 1.16. The highest BCUT2D eigenvalue weighted by molar-refractivity contribution is 4.94. The molecule has 0 bridgehead atoms. The number of β-amino-alcohol motifs (C(OH)–C–C–N with tert-alkyl or cyclic N) is 1. The third-order valence-corrected chi connectivity index (χ3v) is 3.92. The first-order chi connectivity index (χ1) is 9.57. The van der Waals surface area contributed by atoms with Gasteiger partial charge in [-0.15, -0.1) is 0 Å². The van der Waals surface area contributed by atoms with Crippen LogP contribution in [0, 0.1) is 0 Å². The van der Waals surface area contributed by atoms with Gasteiger partial charge in [-0.3, -0.25) is 4.90 Å². The Morgan fingerprint density at radius 2 is 2.35 bits per heavy atom. The van der Waals surface area contributed by atoms with Crippen molar-refractivity contribution >= 4 is 0 Å². The molecule has 0 aromatic carbocycles. The van der Waals surface area contributed by atoms with E-state index in [1.165, 1.54) is 0 Å². The van der Waals surface area contributed by atoms with Gasteiger partial charge in [0.05, 0.1) is 24.9 Å². The highest BCUT2D eigenvalue weighted by atomic mass is 16.5. The van der Waals surface area contributed by atoms with Crippen LogP contribution in [0.1, 0.15) is 31.5 Å². The highest BCUT2D eigenvalue weighted by Gasteiger charge is 2.39. The molecule has 1 aromatic rings. The molecule has 2 atom stereocenters. The van der Waals surface area contributed by atoms with Gasteiger partial charge in [-0.1, -0.05) is 12.1 Å². The molecule has 1 aliphatic heterocycles. The monoisotopic (exact) mass is 285 g/mol. The third-order valence-electron chi connectivity index (χ3n) is 3.92. The van der Waals surface area contributed by atoms with E-state index in [0.29, 0.717) is 57.2 Å². The summed E-state index contributed by atoms with van der Waals surface area (Å²) in [4.78, 5) is 6.30. The summed E-state index contributed by atoms with van der Waals surface area (Å²) < 4.78 is 10.1. The fraction of sp³-hybridized carbons (Fsp3) is 0.846. The van der Waals surface area contributed by atoms with Crippen LogP contribution in [0.15, 0.2) is 4.52 Å². The number of methoxy groups -OCH3 is 1. The van der Waals surface area contributed by atoms with E-state index >= 15 is 0 Å². The molecule has 1 aliphatic rings. The largest absolute Gasteiger partial charge is 0.389 e. The molecule has 20 heavy (non-hydrogen) atoms. The van der Waals surface area contributed by atoms with Crippen LogP contribution in [-0.4, -0.2) is 63.8 Å². The number of likely N-dealkylation sites (tertiary alicyclic amines) is 1. The maximum absolute atomic E-state index is 10.2. The lowest BCUT2D eigenvalue weighted by molar-refractivity contribution is -0.122. The predicted octanol–water partition coefficient (Wildman–Crippen LogP) is -0.0338. The second kappa shape index (κ2) is 6.62. The van der Waals surface area contributed by atoms with Gasteiger partial charge >= 0.3 is 0 Å². The molecule has 0 aliphatic carbocycles. The molecular weight excluding hydrogens is 262 g/mol.